The second-order valence-corrected chi connectivity index (χ2v) is 18.9. The van der Waals surface area contributed by atoms with Gasteiger partial charge in [0.25, 0.3) is 0 Å². The maximum absolute atomic E-state index is 12.6. The Kier molecular flexibility index (Phi) is 28.5. The number of hydrogen-bond acceptors (Lipinski definition) is 14. The molecule has 0 unspecified atom stereocenters. The van der Waals surface area contributed by atoms with Crippen molar-refractivity contribution in [3.63, 3.8) is 0 Å². The van der Waals surface area contributed by atoms with Crippen LogP contribution in [0.2, 0.25) is 19.6 Å². The second kappa shape index (κ2) is 33.1. The van der Waals surface area contributed by atoms with Crippen LogP contribution in [-0.4, -0.2) is 191 Å². The summed E-state index contributed by atoms with van der Waals surface area (Å²) in [5, 5.41) is 0. The van der Waals surface area contributed by atoms with E-state index in [2.05, 4.69) is 43.9 Å². The van der Waals surface area contributed by atoms with Crippen LogP contribution in [-0.2, 0) is 61.3 Å². The maximum atomic E-state index is 12.6. The molecule has 0 N–H and O–H groups in total. The molecule has 2 aromatic rings. The van der Waals surface area contributed by atoms with Crippen molar-refractivity contribution in [2.24, 2.45) is 0 Å². The summed E-state index contributed by atoms with van der Waals surface area (Å²) in [6, 6.07) is 16.6. The van der Waals surface area contributed by atoms with Crippen LogP contribution in [0.5, 0.6) is 0 Å². The molecule has 0 aromatic heterocycles. The Labute approximate surface area is 353 Å². The molecule has 59 heavy (non-hydrogen) atoms. The number of ether oxygens (including phenoxy) is 12. The number of carbonyl (C=O) groups is 1. The van der Waals surface area contributed by atoms with Gasteiger partial charge in [-0.25, -0.2) is 4.79 Å². The largest absolute Gasteiger partial charge is 0.448 e. The molecule has 0 heterocycles. The molecule has 0 saturated heterocycles. The number of nitrogens with zero attached hydrogens (tertiary/aromatic N) is 1. The van der Waals surface area contributed by atoms with Gasteiger partial charge in [0.1, 0.15) is 6.61 Å². The van der Waals surface area contributed by atoms with Gasteiger partial charge in [0, 0.05) is 19.5 Å². The molecule has 0 saturated carbocycles. The van der Waals surface area contributed by atoms with Gasteiger partial charge >= 0.3 is 6.09 Å². The van der Waals surface area contributed by atoms with E-state index in [1.807, 2.05) is 24.3 Å². The average molecular weight is 854 g/mol. The minimum absolute atomic E-state index is 0.0372. The van der Waals surface area contributed by atoms with Gasteiger partial charge in [-0.3, -0.25) is 0 Å². The molecule has 2 aromatic carbocycles. The Morgan fingerprint density at radius 3 is 1.07 bits per heavy atom. The number of hydrogen-bond donors (Lipinski definition) is 0. The first-order valence-electron chi connectivity index (χ1n) is 20.9. The summed E-state index contributed by atoms with van der Waals surface area (Å²) < 4.78 is 72.1. The van der Waals surface area contributed by atoms with E-state index in [9.17, 15) is 4.79 Å². The molecule has 1 aliphatic rings. The highest BCUT2D eigenvalue weighted by Gasteiger charge is 2.29. The van der Waals surface area contributed by atoms with Crippen LogP contribution in [0.4, 0.5) is 4.79 Å². The van der Waals surface area contributed by atoms with E-state index >= 15 is 0 Å². The van der Waals surface area contributed by atoms with Crippen LogP contribution in [0.15, 0.2) is 48.5 Å². The summed E-state index contributed by atoms with van der Waals surface area (Å²) in [4.78, 5) is 14.2. The summed E-state index contributed by atoms with van der Waals surface area (Å²) in [5.41, 5.74) is 4.80. The predicted octanol–water partition coefficient (Wildman–Crippen LogP) is 4.90. The van der Waals surface area contributed by atoms with Gasteiger partial charge in [-0.1, -0.05) is 48.5 Å². The Bertz CT molecular complexity index is 1290. The third-order valence-electron chi connectivity index (χ3n) is 8.70. The highest BCUT2D eigenvalue weighted by Crippen LogP contribution is 2.44. The van der Waals surface area contributed by atoms with Crippen LogP contribution < -0.4 is 0 Å². The molecular weight excluding hydrogens is 783 g/mol. The lowest BCUT2D eigenvalue weighted by Crippen LogP contribution is -2.32. The number of carbonyl (C=O) groups excluding carboxylic acids is 1. The zero-order valence-corrected chi connectivity index (χ0v) is 37.0. The minimum atomic E-state index is -1.46. The van der Waals surface area contributed by atoms with Crippen molar-refractivity contribution in [3.8, 4) is 11.1 Å². The highest BCUT2D eigenvalue weighted by atomic mass is 28.4. The lowest BCUT2D eigenvalue weighted by Gasteiger charge is -2.19. The van der Waals surface area contributed by atoms with Gasteiger partial charge in [-0.05, 0) is 41.9 Å². The molecule has 1 aliphatic carbocycles. The normalized spacial score (nSPS) is 12.5. The van der Waals surface area contributed by atoms with Crippen molar-refractivity contribution in [3.05, 3.63) is 59.7 Å². The summed E-state index contributed by atoms with van der Waals surface area (Å²) in [6.07, 6.45) is -0.365. The Morgan fingerprint density at radius 2 is 0.746 bits per heavy atom. The molecule has 0 bridgehead atoms. The van der Waals surface area contributed by atoms with Crippen molar-refractivity contribution in [2.75, 3.05) is 172 Å². The van der Waals surface area contributed by atoms with Gasteiger partial charge in [-0.2, -0.15) is 0 Å². The molecule has 3 rings (SSSR count). The highest BCUT2D eigenvalue weighted by molar-refractivity contribution is 6.69. The van der Waals surface area contributed by atoms with E-state index in [-0.39, 0.29) is 12.0 Å². The summed E-state index contributed by atoms with van der Waals surface area (Å²) in [7, 11) is 0.253. The van der Waals surface area contributed by atoms with E-state index in [1.54, 1.807) is 7.05 Å². The molecule has 0 fully saturated rings. The lowest BCUT2D eigenvalue weighted by molar-refractivity contribution is -0.0278. The number of benzene rings is 2. The van der Waals surface area contributed by atoms with Crippen molar-refractivity contribution in [2.45, 2.75) is 25.6 Å². The lowest BCUT2D eigenvalue weighted by atomic mass is 9.98. The zero-order chi connectivity index (χ0) is 42.1. The third-order valence-corrected chi connectivity index (χ3v) is 9.77. The monoisotopic (exact) mass is 853 g/mol. The van der Waals surface area contributed by atoms with Crippen molar-refractivity contribution in [1.82, 2.24) is 4.90 Å². The molecule has 15 nitrogen and oxygen atoms in total. The summed E-state index contributed by atoms with van der Waals surface area (Å²) in [6.45, 7) is 18.8. The van der Waals surface area contributed by atoms with Crippen LogP contribution in [0.25, 0.3) is 11.1 Å². The fourth-order valence-corrected chi connectivity index (χ4v) is 6.40. The smallest absolute Gasteiger partial charge is 0.409 e. The SMILES string of the molecule is CN(CCOCCOCCOCCOCCOCCOCCOCCOCCOCCOCCOCCO[Si](C)(C)C)C(=O)OCC1c2ccccc2-c2ccccc21. The first-order chi connectivity index (χ1) is 28.9. The van der Waals surface area contributed by atoms with Gasteiger partial charge in [-0.15, -0.1) is 0 Å². The molecule has 16 heteroatoms. The van der Waals surface area contributed by atoms with Crippen LogP contribution in [0.1, 0.15) is 17.0 Å². The van der Waals surface area contributed by atoms with E-state index in [0.717, 1.165) is 0 Å². The second-order valence-electron chi connectivity index (χ2n) is 14.4. The quantitative estimate of drug-likeness (QED) is 0.0666. The van der Waals surface area contributed by atoms with E-state index in [4.69, 9.17) is 61.3 Å². The van der Waals surface area contributed by atoms with Gasteiger partial charge in [0.2, 0.25) is 0 Å². The van der Waals surface area contributed by atoms with E-state index in [0.29, 0.717) is 165 Å². The standard InChI is InChI=1S/C43H71NO14Si/c1-44(43(45)57-37-42-40-11-7-5-9-38(40)39-10-6-8-12-41(39)42)13-14-46-15-16-47-17-18-48-19-20-49-21-22-50-23-24-51-25-26-52-27-28-53-29-30-54-31-32-55-33-34-56-35-36-58-59(2,3)4/h5-12,42H,13-37H2,1-4H3. The van der Waals surface area contributed by atoms with Crippen LogP contribution in [0.3, 0.4) is 0 Å². The molecule has 1 amide bonds. The Hall–Kier alpha value is -2.55. The Balaban J connectivity index is 0.949. The number of amides is 1. The first kappa shape index (κ1) is 50.8. The van der Waals surface area contributed by atoms with Crippen molar-refractivity contribution in [1.29, 1.82) is 0 Å². The molecule has 336 valence electrons. The van der Waals surface area contributed by atoms with E-state index < -0.39 is 8.32 Å². The zero-order valence-electron chi connectivity index (χ0n) is 36.0. The fourth-order valence-electron chi connectivity index (χ4n) is 5.70. The van der Waals surface area contributed by atoms with Gasteiger partial charge in [0.05, 0.1) is 152 Å². The van der Waals surface area contributed by atoms with Crippen LogP contribution in [0, 0.1) is 0 Å². The fraction of sp³-hybridized carbons (Fsp3) is 0.698. The molecule has 0 radical (unpaired) electrons. The summed E-state index contributed by atoms with van der Waals surface area (Å²) in [5.74, 6) is 0.0372. The van der Waals surface area contributed by atoms with Crippen molar-refractivity contribution >= 4 is 14.4 Å². The summed E-state index contributed by atoms with van der Waals surface area (Å²) >= 11 is 0. The number of likely N-dealkylation sites (N-methyl/N-ethyl adjacent to an activating group) is 1. The molecule has 0 aliphatic heterocycles. The number of fused-ring (bicyclic) bond motifs is 3. The topological polar surface area (TPSA) is 140 Å². The minimum Gasteiger partial charge on any atom is -0.448 e. The van der Waals surface area contributed by atoms with Gasteiger partial charge in [0.15, 0.2) is 8.32 Å². The maximum Gasteiger partial charge on any atom is 0.409 e. The third kappa shape index (κ3) is 24.5. The van der Waals surface area contributed by atoms with E-state index in [1.165, 1.54) is 27.2 Å². The Morgan fingerprint density at radius 1 is 0.458 bits per heavy atom. The van der Waals surface area contributed by atoms with Gasteiger partial charge < -0.3 is 66.2 Å². The first-order valence-corrected chi connectivity index (χ1v) is 24.3. The molecule has 0 spiro atoms. The number of rotatable bonds is 39. The molecule has 0 atom stereocenters. The predicted molar refractivity (Wildman–Crippen MR) is 226 cm³/mol. The average Bonchev–Trinajstić information content (AvgIpc) is 3.55. The molecular formula is C43H71NO14Si. The van der Waals surface area contributed by atoms with Crippen molar-refractivity contribution < 1.29 is 66.1 Å². The van der Waals surface area contributed by atoms with Crippen LogP contribution >= 0.6 is 0 Å².